The molecule has 41 heavy (non-hydrogen) atoms. The summed E-state index contributed by atoms with van der Waals surface area (Å²) in [7, 11) is 0. The van der Waals surface area contributed by atoms with Gasteiger partial charge in [0.1, 0.15) is 0 Å². The molecule has 9 heteroatoms. The summed E-state index contributed by atoms with van der Waals surface area (Å²) in [6.45, 7) is 21.6. The number of carbonyl (C=O) groups is 8. The summed E-state index contributed by atoms with van der Waals surface area (Å²) in [5.74, 6) is -0.231. The van der Waals surface area contributed by atoms with Crippen LogP contribution in [0.4, 0.5) is 0 Å². The monoisotopic (exact) mass is 658 g/mol. The van der Waals surface area contributed by atoms with Gasteiger partial charge in [-0.15, -0.1) is 0 Å². The van der Waals surface area contributed by atoms with Crippen LogP contribution in [0.3, 0.4) is 0 Å². The summed E-state index contributed by atoms with van der Waals surface area (Å²) in [4.78, 5) is 84.4. The Morgan fingerprint density at radius 3 is 0.537 bits per heavy atom. The molecule has 0 atom stereocenters. The first-order chi connectivity index (χ1) is 18.1. The predicted molar refractivity (Wildman–Crippen MR) is 159 cm³/mol. The van der Waals surface area contributed by atoms with Crippen molar-refractivity contribution in [2.45, 2.75) is 134 Å². The van der Waals surface area contributed by atoms with Gasteiger partial charge in [-0.2, -0.15) is 0 Å². The van der Waals surface area contributed by atoms with E-state index in [1.807, 2.05) is 55.4 Å². The van der Waals surface area contributed by atoms with Gasteiger partial charge in [-0.25, -0.2) is 0 Å². The van der Waals surface area contributed by atoms with Crippen LogP contribution in [0.2, 0.25) is 0 Å². The van der Waals surface area contributed by atoms with Crippen molar-refractivity contribution in [1.29, 1.82) is 0 Å². The molecule has 0 unspecified atom stereocenters. The molecule has 8 nitrogen and oxygen atoms in total. The van der Waals surface area contributed by atoms with Gasteiger partial charge in [0.2, 0.25) is 0 Å². The Morgan fingerprint density at radius 2 is 0.463 bits per heavy atom. The second kappa shape index (κ2) is 29.7. The minimum absolute atomic E-state index is 0. The average Bonchev–Trinajstić information content (AvgIpc) is 2.83. The molecule has 0 fully saturated rings. The Bertz CT molecular complexity index is 688. The van der Waals surface area contributed by atoms with Crippen LogP contribution in [0.15, 0.2) is 0 Å². The van der Waals surface area contributed by atoms with Crippen molar-refractivity contribution in [3.05, 3.63) is 0 Å². The van der Waals surface area contributed by atoms with E-state index in [9.17, 15) is 38.4 Å². The standard InChI is InChI=1S/4C8H14O2.Zr/c4*1-6(2)4-5-8(10)7(3)9;/h4*6H,4-5H2,1-3H3;. The Hall–Kier alpha value is -1.76. The van der Waals surface area contributed by atoms with Crippen LogP contribution in [0.25, 0.3) is 0 Å². The maximum absolute atomic E-state index is 10.7. The van der Waals surface area contributed by atoms with E-state index in [0.29, 0.717) is 49.4 Å². The second-order valence-corrected chi connectivity index (χ2v) is 11.6. The van der Waals surface area contributed by atoms with Gasteiger partial charge in [0.05, 0.1) is 0 Å². The molecule has 0 heterocycles. The first kappa shape index (κ1) is 48.9. The Kier molecular flexibility index (Phi) is 35.5. The molecule has 0 rings (SSSR count). The average molecular weight is 660 g/mol. The second-order valence-electron chi connectivity index (χ2n) is 11.6. The van der Waals surface area contributed by atoms with E-state index in [0.717, 1.165) is 25.7 Å². The maximum Gasteiger partial charge on any atom is 0.198 e. The van der Waals surface area contributed by atoms with Crippen LogP contribution in [-0.2, 0) is 64.6 Å². The molecule has 0 radical (unpaired) electrons. The molecule has 0 aromatic carbocycles. The molecule has 0 bridgehead atoms. The number of rotatable bonds is 16. The molecule has 0 aliphatic heterocycles. The Morgan fingerprint density at radius 1 is 0.341 bits per heavy atom. The molecule has 0 aliphatic rings. The first-order valence-corrected chi connectivity index (χ1v) is 14.3. The molecule has 0 aromatic rings. The minimum Gasteiger partial charge on any atom is -0.291 e. The van der Waals surface area contributed by atoms with Crippen molar-refractivity contribution in [3.8, 4) is 0 Å². The van der Waals surface area contributed by atoms with Gasteiger partial charge in [-0.05, 0) is 49.4 Å². The van der Waals surface area contributed by atoms with E-state index in [4.69, 9.17) is 0 Å². The predicted octanol–water partition coefficient (Wildman–Crippen LogP) is 6.32. The van der Waals surface area contributed by atoms with Crippen molar-refractivity contribution in [2.24, 2.45) is 23.7 Å². The van der Waals surface area contributed by atoms with Crippen LogP contribution < -0.4 is 0 Å². The third kappa shape index (κ3) is 42.8. The molecule has 0 N–H and O–H groups in total. The molecular weight excluding hydrogens is 604 g/mol. The largest absolute Gasteiger partial charge is 0.291 e. The molecular formula is C32H56O8Zr. The van der Waals surface area contributed by atoms with Gasteiger partial charge < -0.3 is 0 Å². The van der Waals surface area contributed by atoms with Crippen molar-refractivity contribution in [2.75, 3.05) is 0 Å². The van der Waals surface area contributed by atoms with E-state index in [1.54, 1.807) is 0 Å². The van der Waals surface area contributed by atoms with E-state index in [1.165, 1.54) is 27.7 Å². The summed E-state index contributed by atoms with van der Waals surface area (Å²) in [5, 5.41) is 0. The van der Waals surface area contributed by atoms with Gasteiger partial charge >= 0.3 is 0 Å². The zero-order chi connectivity index (χ0) is 32.6. The van der Waals surface area contributed by atoms with Gasteiger partial charge in [-0.3, -0.25) is 38.4 Å². The van der Waals surface area contributed by atoms with Gasteiger partial charge in [-0.1, -0.05) is 55.4 Å². The van der Waals surface area contributed by atoms with E-state index in [-0.39, 0.29) is 72.5 Å². The number of Topliss-reactive ketones (excluding diaryl/α,β-unsaturated/α-hetero) is 8. The fourth-order valence-electron chi connectivity index (χ4n) is 2.38. The summed E-state index contributed by atoms with van der Waals surface area (Å²) >= 11 is 0. The van der Waals surface area contributed by atoms with Crippen LogP contribution in [-0.4, -0.2) is 46.3 Å². The van der Waals surface area contributed by atoms with Gasteiger partial charge in [0, 0.05) is 79.6 Å². The molecule has 0 spiro atoms. The third-order valence-corrected chi connectivity index (χ3v) is 5.37. The fourth-order valence-corrected chi connectivity index (χ4v) is 2.38. The maximum atomic E-state index is 10.7. The molecule has 0 amide bonds. The quantitative estimate of drug-likeness (QED) is 0.176. The topological polar surface area (TPSA) is 137 Å². The Labute approximate surface area is 268 Å². The summed E-state index contributed by atoms with van der Waals surface area (Å²) in [6.07, 6.45) is 4.91. The van der Waals surface area contributed by atoms with E-state index in [2.05, 4.69) is 0 Å². The van der Waals surface area contributed by atoms with Crippen LogP contribution in [0.1, 0.15) is 134 Å². The SMILES string of the molecule is CC(=O)C(=O)CCC(C)C.CC(=O)C(=O)CCC(C)C.CC(=O)C(=O)CCC(C)C.CC(=O)C(=O)CCC(C)C.[Zr]. The zero-order valence-electron chi connectivity index (χ0n) is 27.7. The third-order valence-electron chi connectivity index (χ3n) is 5.37. The van der Waals surface area contributed by atoms with Gasteiger partial charge in [0.15, 0.2) is 46.3 Å². The van der Waals surface area contributed by atoms with Crippen LogP contribution in [0.5, 0.6) is 0 Å². The summed E-state index contributed by atoms with van der Waals surface area (Å²) < 4.78 is 0. The summed E-state index contributed by atoms with van der Waals surface area (Å²) in [6, 6.07) is 0. The number of carbonyl (C=O) groups excluding carboxylic acids is 8. The number of ketones is 8. The molecule has 236 valence electrons. The molecule has 0 aromatic heterocycles. The Balaban J connectivity index is -0.000000139. The normalized spacial score (nSPS) is 9.76. The van der Waals surface area contributed by atoms with Crippen molar-refractivity contribution < 1.29 is 64.6 Å². The number of hydrogen-bond donors (Lipinski definition) is 0. The van der Waals surface area contributed by atoms with E-state index >= 15 is 0 Å². The first-order valence-electron chi connectivity index (χ1n) is 14.3. The molecule has 0 saturated carbocycles. The van der Waals surface area contributed by atoms with Crippen molar-refractivity contribution in [3.63, 3.8) is 0 Å². The smallest absolute Gasteiger partial charge is 0.198 e. The number of hydrogen-bond acceptors (Lipinski definition) is 8. The van der Waals surface area contributed by atoms with Crippen LogP contribution in [0, 0.1) is 23.7 Å². The molecule has 0 aliphatic carbocycles. The van der Waals surface area contributed by atoms with E-state index < -0.39 is 0 Å². The minimum atomic E-state index is -0.319. The van der Waals surface area contributed by atoms with Crippen LogP contribution >= 0.6 is 0 Å². The fraction of sp³-hybridized carbons (Fsp3) is 0.750. The van der Waals surface area contributed by atoms with Crippen molar-refractivity contribution in [1.82, 2.24) is 0 Å². The molecule has 0 saturated heterocycles. The zero-order valence-corrected chi connectivity index (χ0v) is 30.2. The van der Waals surface area contributed by atoms with Gasteiger partial charge in [0.25, 0.3) is 0 Å². The summed E-state index contributed by atoms with van der Waals surface area (Å²) in [5.41, 5.74) is 0. The van der Waals surface area contributed by atoms with Crippen molar-refractivity contribution >= 4 is 46.3 Å².